The summed E-state index contributed by atoms with van der Waals surface area (Å²) >= 11 is 1.57. The Kier molecular flexibility index (Phi) is 8.39. The van der Waals surface area contributed by atoms with E-state index in [0.29, 0.717) is 17.1 Å². The van der Waals surface area contributed by atoms with Crippen LogP contribution in [0.1, 0.15) is 31.8 Å². The van der Waals surface area contributed by atoms with Crippen molar-refractivity contribution in [2.75, 3.05) is 44.7 Å². The van der Waals surface area contributed by atoms with Crippen molar-refractivity contribution < 1.29 is 14.3 Å². The van der Waals surface area contributed by atoms with Crippen LogP contribution < -0.4 is 15.4 Å². The fraction of sp³-hybridized carbons (Fsp3) is 0.242. The quantitative estimate of drug-likeness (QED) is 0.291. The number of hydrogen-bond donors (Lipinski definition) is 2. The Morgan fingerprint density at radius 2 is 1.79 bits per heavy atom. The molecular weight excluding hydrogens is 560 g/mol. The monoisotopic (exact) mass is 594 g/mol. The smallest absolute Gasteiger partial charge is 0.255 e. The number of carbonyl (C=O) groups is 2. The molecule has 2 aliphatic rings. The average Bonchev–Trinajstić information content (AvgIpc) is 3.74. The van der Waals surface area contributed by atoms with Gasteiger partial charge in [-0.1, -0.05) is 24.3 Å². The minimum Gasteiger partial charge on any atom is -0.455 e. The van der Waals surface area contributed by atoms with Gasteiger partial charge in [-0.25, -0.2) is 4.98 Å². The third kappa shape index (κ3) is 6.55. The zero-order valence-corrected chi connectivity index (χ0v) is 24.8. The van der Waals surface area contributed by atoms with Crippen LogP contribution in [0.25, 0.3) is 11.0 Å². The number of fused-ring (bicyclic) bond motifs is 2. The number of likely N-dealkylation sites (N-methyl/N-ethyl adjacent to an activating group) is 1. The number of pyridine rings is 1. The first-order valence-corrected chi connectivity index (χ1v) is 15.3. The van der Waals surface area contributed by atoms with Crippen LogP contribution in [0.4, 0.5) is 5.69 Å². The second kappa shape index (κ2) is 12.7. The number of piperazine rings is 1. The van der Waals surface area contributed by atoms with Crippen molar-refractivity contribution in [3.05, 3.63) is 106 Å². The molecule has 5 aromatic rings. The SMILES string of the molecule is CN1CCN(c2ccc(C(N)=O)c(Oc3cnc4[nH]ccc4c3)c2)CC1.O=C(c1ccsc1)N1CCc2ccccc2C1. The summed E-state index contributed by atoms with van der Waals surface area (Å²) in [6.07, 6.45) is 4.42. The topological polar surface area (TPSA) is 108 Å². The maximum atomic E-state index is 12.2. The Morgan fingerprint density at radius 1 is 0.977 bits per heavy atom. The molecule has 2 amide bonds. The Hall–Kier alpha value is -4.67. The number of primary amides is 1. The van der Waals surface area contributed by atoms with E-state index < -0.39 is 5.91 Å². The van der Waals surface area contributed by atoms with E-state index in [9.17, 15) is 9.59 Å². The number of aromatic amines is 1. The highest BCUT2D eigenvalue weighted by molar-refractivity contribution is 7.08. The molecule has 1 saturated heterocycles. The van der Waals surface area contributed by atoms with Crippen molar-refractivity contribution in [3.8, 4) is 11.5 Å². The highest BCUT2D eigenvalue weighted by Crippen LogP contribution is 2.31. The molecule has 0 bridgehead atoms. The summed E-state index contributed by atoms with van der Waals surface area (Å²) in [7, 11) is 2.12. The number of benzene rings is 2. The van der Waals surface area contributed by atoms with Gasteiger partial charge in [0.1, 0.15) is 17.1 Å². The van der Waals surface area contributed by atoms with E-state index in [1.54, 1.807) is 23.6 Å². The first-order chi connectivity index (χ1) is 20.9. The van der Waals surface area contributed by atoms with Gasteiger partial charge in [0.05, 0.1) is 17.3 Å². The number of amides is 2. The summed E-state index contributed by atoms with van der Waals surface area (Å²) in [6, 6.07) is 19.6. The summed E-state index contributed by atoms with van der Waals surface area (Å²) in [4.78, 5) is 37.9. The molecule has 10 heteroatoms. The molecule has 7 rings (SSSR count). The van der Waals surface area contributed by atoms with Crippen LogP contribution in [0, 0.1) is 0 Å². The van der Waals surface area contributed by atoms with Gasteiger partial charge < -0.3 is 30.2 Å². The summed E-state index contributed by atoms with van der Waals surface area (Å²) < 4.78 is 5.99. The lowest BCUT2D eigenvalue weighted by Crippen LogP contribution is -2.44. The number of nitrogens with one attached hydrogen (secondary N) is 1. The minimum atomic E-state index is -0.513. The average molecular weight is 595 g/mol. The molecule has 9 nitrogen and oxygen atoms in total. The van der Waals surface area contributed by atoms with Crippen molar-refractivity contribution >= 4 is 39.9 Å². The van der Waals surface area contributed by atoms with Crippen LogP contribution in [0.3, 0.4) is 0 Å². The summed E-state index contributed by atoms with van der Waals surface area (Å²) in [5, 5.41) is 4.81. The van der Waals surface area contributed by atoms with Gasteiger partial charge in [0.25, 0.3) is 11.8 Å². The van der Waals surface area contributed by atoms with Crippen molar-refractivity contribution in [1.29, 1.82) is 0 Å². The number of thiophene rings is 1. The van der Waals surface area contributed by atoms with Gasteiger partial charge in [-0.3, -0.25) is 9.59 Å². The van der Waals surface area contributed by atoms with E-state index in [1.165, 1.54) is 11.1 Å². The van der Waals surface area contributed by atoms with Crippen molar-refractivity contribution in [2.45, 2.75) is 13.0 Å². The maximum absolute atomic E-state index is 12.2. The van der Waals surface area contributed by atoms with Crippen molar-refractivity contribution in [3.63, 3.8) is 0 Å². The van der Waals surface area contributed by atoms with E-state index in [0.717, 1.165) is 68.0 Å². The molecule has 0 atom stereocenters. The first kappa shape index (κ1) is 28.4. The molecule has 2 aromatic carbocycles. The molecule has 0 aliphatic carbocycles. The lowest BCUT2D eigenvalue weighted by molar-refractivity contribution is 0.0735. The van der Waals surface area contributed by atoms with Crippen LogP contribution >= 0.6 is 11.3 Å². The number of aromatic nitrogens is 2. The fourth-order valence-corrected chi connectivity index (χ4v) is 6.03. The number of rotatable bonds is 5. The van der Waals surface area contributed by atoms with E-state index in [2.05, 4.69) is 45.0 Å². The van der Waals surface area contributed by atoms with Gasteiger partial charge in [0.15, 0.2) is 0 Å². The largest absolute Gasteiger partial charge is 0.455 e. The summed E-state index contributed by atoms with van der Waals surface area (Å²) in [5.41, 5.74) is 11.2. The number of ether oxygens (including phenoxy) is 1. The minimum absolute atomic E-state index is 0.153. The van der Waals surface area contributed by atoms with Crippen LogP contribution in [0.2, 0.25) is 0 Å². The number of hydrogen-bond acceptors (Lipinski definition) is 7. The highest BCUT2D eigenvalue weighted by Gasteiger charge is 2.22. The number of anilines is 1. The highest BCUT2D eigenvalue weighted by atomic mass is 32.1. The number of nitrogens with zero attached hydrogens (tertiary/aromatic N) is 4. The molecule has 0 spiro atoms. The van der Waals surface area contributed by atoms with E-state index in [4.69, 9.17) is 10.5 Å². The Balaban J connectivity index is 0.000000167. The molecule has 3 aromatic heterocycles. The predicted octanol–water partition coefficient (Wildman–Crippen LogP) is 5.15. The number of nitrogens with two attached hydrogens (primary N) is 1. The molecule has 1 fully saturated rings. The molecule has 0 radical (unpaired) electrons. The predicted molar refractivity (Wildman–Crippen MR) is 170 cm³/mol. The molecule has 220 valence electrons. The molecule has 5 heterocycles. The van der Waals surface area contributed by atoms with Gasteiger partial charge in [0, 0.05) is 68.0 Å². The van der Waals surface area contributed by atoms with Crippen molar-refractivity contribution in [1.82, 2.24) is 19.8 Å². The van der Waals surface area contributed by atoms with Crippen molar-refractivity contribution in [2.24, 2.45) is 5.73 Å². The first-order valence-electron chi connectivity index (χ1n) is 14.3. The van der Waals surface area contributed by atoms with Crippen LogP contribution in [0.5, 0.6) is 11.5 Å². The summed E-state index contributed by atoms with van der Waals surface area (Å²) in [5.74, 6) is 0.655. The third-order valence-electron chi connectivity index (χ3n) is 7.89. The molecule has 3 N–H and O–H groups in total. The van der Waals surface area contributed by atoms with E-state index >= 15 is 0 Å². The zero-order valence-electron chi connectivity index (χ0n) is 24.0. The van der Waals surface area contributed by atoms with Crippen LogP contribution in [-0.2, 0) is 13.0 Å². The lowest BCUT2D eigenvalue weighted by Gasteiger charge is -2.34. The van der Waals surface area contributed by atoms with Crippen LogP contribution in [-0.4, -0.2) is 71.4 Å². The molecule has 0 unspecified atom stereocenters. The standard InChI is InChI=1S/C19H21N5O2.C14H13NOS/c1-23-6-8-24(9-7-23)14-2-3-16(18(20)25)17(11-14)26-15-10-13-4-5-21-19(13)22-12-15;16-14(13-6-8-17-10-13)15-7-5-11-3-1-2-4-12(11)9-15/h2-5,10-12H,6-9H2,1H3,(H2,20,25)(H,21,22);1-4,6,8,10H,5,7,9H2. The molecule has 0 saturated carbocycles. The second-order valence-corrected chi connectivity index (χ2v) is 11.6. The number of H-pyrrole nitrogens is 1. The van der Waals surface area contributed by atoms with Gasteiger partial charge in [-0.15, -0.1) is 0 Å². The van der Waals surface area contributed by atoms with Gasteiger partial charge in [-0.2, -0.15) is 11.3 Å². The zero-order chi connectivity index (χ0) is 29.8. The Labute approximate surface area is 254 Å². The molecule has 2 aliphatic heterocycles. The Bertz CT molecular complexity index is 1730. The van der Waals surface area contributed by atoms with Gasteiger partial charge in [0.2, 0.25) is 0 Å². The Morgan fingerprint density at radius 3 is 2.56 bits per heavy atom. The second-order valence-electron chi connectivity index (χ2n) is 10.8. The molecular formula is C33H34N6O3S. The van der Waals surface area contributed by atoms with Gasteiger partial charge in [-0.05, 0) is 60.3 Å². The number of carbonyl (C=O) groups excluding carboxylic acids is 2. The maximum Gasteiger partial charge on any atom is 0.255 e. The molecule has 43 heavy (non-hydrogen) atoms. The van der Waals surface area contributed by atoms with Gasteiger partial charge >= 0.3 is 0 Å². The van der Waals surface area contributed by atoms with E-state index in [-0.39, 0.29) is 5.91 Å². The fourth-order valence-electron chi connectivity index (χ4n) is 5.40. The third-order valence-corrected chi connectivity index (χ3v) is 8.57. The summed E-state index contributed by atoms with van der Waals surface area (Å²) in [6.45, 7) is 5.44. The normalized spacial score (nSPS) is 15.0. The lowest BCUT2D eigenvalue weighted by atomic mass is 9.99. The van der Waals surface area contributed by atoms with Crippen LogP contribution in [0.15, 0.2) is 83.8 Å². The van der Waals surface area contributed by atoms with E-state index in [1.807, 2.05) is 58.3 Å².